The van der Waals surface area contributed by atoms with Gasteiger partial charge in [0, 0.05) is 6.04 Å². The second-order valence-corrected chi connectivity index (χ2v) is 8.12. The quantitative estimate of drug-likeness (QED) is 0.819. The van der Waals surface area contributed by atoms with E-state index >= 15 is 0 Å². The fourth-order valence-corrected chi connectivity index (χ4v) is 4.46. The van der Waals surface area contributed by atoms with Gasteiger partial charge < -0.3 is 0 Å². The molecule has 0 saturated heterocycles. The zero-order valence-corrected chi connectivity index (χ0v) is 14.0. The predicted molar refractivity (Wildman–Crippen MR) is 86.4 cm³/mol. The summed E-state index contributed by atoms with van der Waals surface area (Å²) in [7, 11) is -3.06. The monoisotopic (exact) mass is 303 g/mol. The third-order valence-electron chi connectivity index (χ3n) is 4.22. The standard InChI is InChI=1S/C16H33NO2S/c1-2-3-15-20(18,19)17-16-13-11-9-7-5-4-6-8-10-12-14-16/h16-17H,2-15H2,1H3. The normalized spacial score (nSPS) is 21.1. The Bertz CT molecular complexity index is 315. The van der Waals surface area contributed by atoms with Gasteiger partial charge in [0.05, 0.1) is 5.75 Å². The Morgan fingerprint density at radius 1 is 0.850 bits per heavy atom. The number of hydrogen-bond acceptors (Lipinski definition) is 2. The molecular formula is C16H33NO2S. The molecular weight excluding hydrogens is 270 g/mol. The number of unbranched alkanes of at least 4 members (excludes halogenated alkanes) is 1. The second kappa shape index (κ2) is 10.6. The van der Waals surface area contributed by atoms with Crippen molar-refractivity contribution < 1.29 is 8.42 Å². The number of nitrogens with one attached hydrogen (secondary N) is 1. The molecule has 0 amide bonds. The van der Waals surface area contributed by atoms with Crippen LogP contribution in [0.2, 0.25) is 0 Å². The van der Waals surface area contributed by atoms with Crippen LogP contribution in [0.5, 0.6) is 0 Å². The highest BCUT2D eigenvalue weighted by molar-refractivity contribution is 7.89. The van der Waals surface area contributed by atoms with Crippen molar-refractivity contribution in [1.29, 1.82) is 0 Å². The Hall–Kier alpha value is -0.0900. The molecule has 0 aliphatic heterocycles. The zero-order valence-electron chi connectivity index (χ0n) is 13.2. The molecule has 1 N–H and O–H groups in total. The highest BCUT2D eigenvalue weighted by atomic mass is 32.2. The summed E-state index contributed by atoms with van der Waals surface area (Å²) in [6, 6.07) is 0.177. The van der Waals surface area contributed by atoms with E-state index in [0.29, 0.717) is 5.75 Å². The number of sulfonamides is 1. The fraction of sp³-hybridized carbons (Fsp3) is 1.00. The largest absolute Gasteiger partial charge is 0.212 e. The Morgan fingerprint density at radius 3 is 1.75 bits per heavy atom. The molecule has 1 rings (SSSR count). The van der Waals surface area contributed by atoms with E-state index < -0.39 is 10.0 Å². The fourth-order valence-electron chi connectivity index (χ4n) is 2.93. The van der Waals surface area contributed by atoms with E-state index in [9.17, 15) is 8.42 Å². The summed E-state index contributed by atoms with van der Waals surface area (Å²) in [6.45, 7) is 2.03. The Kier molecular flexibility index (Phi) is 9.53. The van der Waals surface area contributed by atoms with Gasteiger partial charge in [-0.15, -0.1) is 0 Å². The number of rotatable bonds is 5. The lowest BCUT2D eigenvalue weighted by Crippen LogP contribution is -2.36. The molecule has 1 saturated carbocycles. The lowest BCUT2D eigenvalue weighted by atomic mass is 9.98. The molecule has 1 aliphatic carbocycles. The van der Waals surface area contributed by atoms with Crippen LogP contribution in [0.25, 0.3) is 0 Å². The van der Waals surface area contributed by atoms with Crippen LogP contribution in [-0.2, 0) is 10.0 Å². The molecule has 0 heterocycles. The van der Waals surface area contributed by atoms with E-state index in [2.05, 4.69) is 4.72 Å². The molecule has 1 aliphatic rings. The van der Waals surface area contributed by atoms with Crippen LogP contribution in [0.15, 0.2) is 0 Å². The van der Waals surface area contributed by atoms with E-state index in [1.54, 1.807) is 0 Å². The molecule has 0 unspecified atom stereocenters. The van der Waals surface area contributed by atoms with Crippen molar-refractivity contribution in [3.05, 3.63) is 0 Å². The summed E-state index contributed by atoms with van der Waals surface area (Å²) in [4.78, 5) is 0. The molecule has 20 heavy (non-hydrogen) atoms. The van der Waals surface area contributed by atoms with Crippen molar-refractivity contribution in [1.82, 2.24) is 4.72 Å². The first-order chi connectivity index (χ1) is 9.64. The zero-order chi connectivity index (χ0) is 14.7. The van der Waals surface area contributed by atoms with Crippen LogP contribution in [0.3, 0.4) is 0 Å². The van der Waals surface area contributed by atoms with Crippen LogP contribution >= 0.6 is 0 Å². The van der Waals surface area contributed by atoms with Gasteiger partial charge in [-0.1, -0.05) is 71.1 Å². The first kappa shape index (κ1) is 18.0. The molecule has 0 radical (unpaired) electrons. The van der Waals surface area contributed by atoms with E-state index in [4.69, 9.17) is 0 Å². The van der Waals surface area contributed by atoms with Crippen molar-refractivity contribution in [2.75, 3.05) is 5.75 Å². The highest BCUT2D eigenvalue weighted by Gasteiger charge is 2.17. The van der Waals surface area contributed by atoms with Gasteiger partial charge in [-0.2, -0.15) is 0 Å². The van der Waals surface area contributed by atoms with E-state index in [0.717, 1.165) is 25.7 Å². The molecule has 3 nitrogen and oxygen atoms in total. The minimum Gasteiger partial charge on any atom is -0.212 e. The summed E-state index contributed by atoms with van der Waals surface area (Å²) < 4.78 is 27.0. The summed E-state index contributed by atoms with van der Waals surface area (Å²) in [5.74, 6) is 0.292. The molecule has 1 fully saturated rings. The Morgan fingerprint density at radius 2 is 1.30 bits per heavy atom. The van der Waals surface area contributed by atoms with Crippen molar-refractivity contribution in [3.8, 4) is 0 Å². The molecule has 0 aromatic carbocycles. The lowest BCUT2D eigenvalue weighted by molar-refractivity contribution is 0.439. The van der Waals surface area contributed by atoms with Crippen LogP contribution in [-0.4, -0.2) is 20.2 Å². The van der Waals surface area contributed by atoms with Gasteiger partial charge in [0.15, 0.2) is 0 Å². The topological polar surface area (TPSA) is 46.2 Å². The lowest BCUT2D eigenvalue weighted by Gasteiger charge is -2.19. The van der Waals surface area contributed by atoms with Gasteiger partial charge in [-0.3, -0.25) is 0 Å². The van der Waals surface area contributed by atoms with Crippen LogP contribution in [0.1, 0.15) is 90.4 Å². The second-order valence-electron chi connectivity index (χ2n) is 6.25. The SMILES string of the molecule is CCCCS(=O)(=O)NC1CCCCCCCCCCC1. The molecule has 0 aromatic heterocycles. The third kappa shape index (κ3) is 8.96. The van der Waals surface area contributed by atoms with Gasteiger partial charge >= 0.3 is 0 Å². The van der Waals surface area contributed by atoms with Crippen molar-refractivity contribution in [2.45, 2.75) is 96.4 Å². The van der Waals surface area contributed by atoms with Gasteiger partial charge in [0.2, 0.25) is 10.0 Å². The predicted octanol–water partition coefficient (Wildman–Crippen LogP) is 4.38. The Labute approximate surface area is 126 Å². The first-order valence-corrected chi connectivity index (χ1v) is 10.3. The minimum absolute atomic E-state index is 0.177. The molecule has 0 spiro atoms. The van der Waals surface area contributed by atoms with Crippen LogP contribution in [0.4, 0.5) is 0 Å². The third-order valence-corrected chi connectivity index (χ3v) is 5.74. The van der Waals surface area contributed by atoms with Gasteiger partial charge in [0.25, 0.3) is 0 Å². The number of hydrogen-bond donors (Lipinski definition) is 1. The van der Waals surface area contributed by atoms with Gasteiger partial charge in [-0.05, 0) is 19.3 Å². The van der Waals surface area contributed by atoms with Gasteiger partial charge in [-0.25, -0.2) is 13.1 Å². The van der Waals surface area contributed by atoms with Crippen molar-refractivity contribution >= 4 is 10.0 Å². The molecule has 0 aromatic rings. The Balaban J connectivity index is 2.41. The van der Waals surface area contributed by atoms with Crippen molar-refractivity contribution in [3.63, 3.8) is 0 Å². The summed E-state index contributed by atoms with van der Waals surface area (Å²) in [5.41, 5.74) is 0. The molecule has 0 bridgehead atoms. The highest BCUT2D eigenvalue weighted by Crippen LogP contribution is 2.17. The van der Waals surface area contributed by atoms with Crippen LogP contribution < -0.4 is 4.72 Å². The van der Waals surface area contributed by atoms with Crippen molar-refractivity contribution in [2.24, 2.45) is 0 Å². The maximum absolute atomic E-state index is 12.0. The van der Waals surface area contributed by atoms with Crippen LogP contribution in [0, 0.1) is 0 Å². The average molecular weight is 304 g/mol. The minimum atomic E-state index is -3.06. The maximum atomic E-state index is 12.0. The van der Waals surface area contributed by atoms with E-state index in [-0.39, 0.29) is 6.04 Å². The smallest absolute Gasteiger partial charge is 0.211 e. The maximum Gasteiger partial charge on any atom is 0.211 e. The summed E-state index contributed by atoms with van der Waals surface area (Å²) in [5, 5.41) is 0. The van der Waals surface area contributed by atoms with Gasteiger partial charge in [0.1, 0.15) is 0 Å². The summed E-state index contributed by atoms with van der Waals surface area (Å²) >= 11 is 0. The molecule has 0 atom stereocenters. The average Bonchev–Trinajstić information content (AvgIpc) is 2.39. The van der Waals surface area contributed by atoms with E-state index in [1.807, 2.05) is 6.92 Å². The molecule has 120 valence electrons. The summed E-state index contributed by atoms with van der Waals surface area (Å²) in [6.07, 6.45) is 15.3. The van der Waals surface area contributed by atoms with E-state index in [1.165, 1.54) is 57.8 Å². The molecule has 4 heteroatoms. The first-order valence-electron chi connectivity index (χ1n) is 8.64.